The van der Waals surface area contributed by atoms with Gasteiger partial charge in [0.2, 0.25) is 6.29 Å². The van der Waals surface area contributed by atoms with Gasteiger partial charge in [-0.3, -0.25) is 0 Å². The summed E-state index contributed by atoms with van der Waals surface area (Å²) in [6.45, 7) is 8.31. The van der Waals surface area contributed by atoms with Crippen molar-refractivity contribution in [1.82, 2.24) is 0 Å². The summed E-state index contributed by atoms with van der Waals surface area (Å²) in [6.07, 6.45) is -0.318. The van der Waals surface area contributed by atoms with Crippen LogP contribution in [0.15, 0.2) is 48.5 Å². The van der Waals surface area contributed by atoms with Crippen LogP contribution in [-0.2, 0) is 0 Å². The molecule has 0 heterocycles. The lowest BCUT2D eigenvalue weighted by atomic mass is 10.0. The van der Waals surface area contributed by atoms with Crippen LogP contribution in [0.1, 0.15) is 37.8 Å². The highest BCUT2D eigenvalue weighted by Gasteiger charge is 2.06. The molecule has 2 heteroatoms. The van der Waals surface area contributed by atoms with Gasteiger partial charge in [0, 0.05) is 6.92 Å². The SMILES string of the molecule is Cc1cccc(OC(C)Oc2ccc(C(C)C)cc2)c1. The summed E-state index contributed by atoms with van der Waals surface area (Å²) in [4.78, 5) is 0. The van der Waals surface area contributed by atoms with Crippen LogP contribution in [0.5, 0.6) is 11.5 Å². The van der Waals surface area contributed by atoms with Crippen LogP contribution in [0.2, 0.25) is 0 Å². The van der Waals surface area contributed by atoms with E-state index in [4.69, 9.17) is 9.47 Å². The van der Waals surface area contributed by atoms with Crippen LogP contribution in [0.4, 0.5) is 0 Å². The van der Waals surface area contributed by atoms with Gasteiger partial charge in [-0.1, -0.05) is 38.1 Å². The molecule has 2 aromatic carbocycles. The molecule has 0 aliphatic carbocycles. The summed E-state index contributed by atoms with van der Waals surface area (Å²) in [5.41, 5.74) is 2.49. The highest BCUT2D eigenvalue weighted by atomic mass is 16.7. The van der Waals surface area contributed by atoms with E-state index < -0.39 is 0 Å². The van der Waals surface area contributed by atoms with E-state index in [1.165, 1.54) is 11.1 Å². The van der Waals surface area contributed by atoms with Gasteiger partial charge in [0.15, 0.2) is 0 Å². The highest BCUT2D eigenvalue weighted by Crippen LogP contribution is 2.20. The number of ether oxygens (including phenoxy) is 2. The number of hydrogen-bond donors (Lipinski definition) is 0. The molecule has 20 heavy (non-hydrogen) atoms. The predicted molar refractivity (Wildman–Crippen MR) is 82.4 cm³/mol. The molecule has 0 N–H and O–H groups in total. The Kier molecular flexibility index (Phi) is 4.67. The van der Waals surface area contributed by atoms with Crippen LogP contribution in [-0.4, -0.2) is 6.29 Å². The predicted octanol–water partition coefficient (Wildman–Crippen LogP) is 4.92. The molecule has 0 amide bonds. The average Bonchev–Trinajstić information content (AvgIpc) is 2.39. The Morgan fingerprint density at radius 3 is 2.05 bits per heavy atom. The topological polar surface area (TPSA) is 18.5 Å². The molecule has 0 saturated carbocycles. The fraction of sp³-hybridized carbons (Fsp3) is 0.333. The summed E-state index contributed by atoms with van der Waals surface area (Å²) in [6, 6.07) is 16.1. The fourth-order valence-electron chi connectivity index (χ4n) is 2.03. The van der Waals surface area contributed by atoms with Crippen molar-refractivity contribution in [2.45, 2.75) is 39.9 Å². The van der Waals surface area contributed by atoms with Gasteiger partial charge in [0.25, 0.3) is 0 Å². The number of rotatable bonds is 5. The first kappa shape index (κ1) is 14.4. The quantitative estimate of drug-likeness (QED) is 0.718. The monoisotopic (exact) mass is 270 g/mol. The lowest BCUT2D eigenvalue weighted by molar-refractivity contribution is 0.0223. The van der Waals surface area contributed by atoms with E-state index in [9.17, 15) is 0 Å². The molecule has 0 aliphatic rings. The molecule has 0 bridgehead atoms. The Morgan fingerprint density at radius 1 is 0.800 bits per heavy atom. The minimum atomic E-state index is -0.318. The van der Waals surface area contributed by atoms with Crippen LogP contribution in [0.3, 0.4) is 0 Å². The van der Waals surface area contributed by atoms with Crippen LogP contribution < -0.4 is 9.47 Å². The van der Waals surface area contributed by atoms with Crippen molar-refractivity contribution in [3.8, 4) is 11.5 Å². The molecule has 0 radical (unpaired) electrons. The van der Waals surface area contributed by atoms with Crippen LogP contribution in [0, 0.1) is 6.92 Å². The van der Waals surface area contributed by atoms with Crippen LogP contribution in [0.25, 0.3) is 0 Å². The molecule has 0 fully saturated rings. The fourth-order valence-corrected chi connectivity index (χ4v) is 2.03. The first-order chi connectivity index (χ1) is 9.54. The van der Waals surface area contributed by atoms with Crippen molar-refractivity contribution < 1.29 is 9.47 Å². The van der Waals surface area contributed by atoms with Gasteiger partial charge >= 0.3 is 0 Å². The summed E-state index contributed by atoms with van der Waals surface area (Å²) >= 11 is 0. The molecular weight excluding hydrogens is 248 g/mol. The van der Waals surface area contributed by atoms with Crippen molar-refractivity contribution in [1.29, 1.82) is 0 Å². The minimum Gasteiger partial charge on any atom is -0.455 e. The minimum absolute atomic E-state index is 0.318. The van der Waals surface area contributed by atoms with E-state index in [-0.39, 0.29) is 6.29 Å². The Hall–Kier alpha value is -1.96. The van der Waals surface area contributed by atoms with E-state index >= 15 is 0 Å². The Labute approximate surface area is 121 Å². The molecule has 0 saturated heterocycles. The molecule has 1 unspecified atom stereocenters. The van der Waals surface area contributed by atoms with Crippen molar-refractivity contribution in [2.24, 2.45) is 0 Å². The number of aryl methyl sites for hydroxylation is 1. The standard InChI is InChI=1S/C18H22O2/c1-13(2)16-8-10-17(11-9-16)19-15(4)20-18-7-5-6-14(3)12-18/h5-13,15H,1-4H3. The summed E-state index contributed by atoms with van der Waals surface area (Å²) < 4.78 is 11.5. The zero-order chi connectivity index (χ0) is 14.5. The maximum Gasteiger partial charge on any atom is 0.238 e. The Bertz CT molecular complexity index is 544. The van der Waals surface area contributed by atoms with Gasteiger partial charge < -0.3 is 9.47 Å². The molecule has 2 rings (SSSR count). The molecule has 0 spiro atoms. The first-order valence-electron chi connectivity index (χ1n) is 7.04. The third kappa shape index (κ3) is 4.02. The third-order valence-electron chi connectivity index (χ3n) is 3.14. The van der Waals surface area contributed by atoms with E-state index in [0.717, 1.165) is 11.5 Å². The number of benzene rings is 2. The zero-order valence-electron chi connectivity index (χ0n) is 12.6. The smallest absolute Gasteiger partial charge is 0.238 e. The van der Waals surface area contributed by atoms with E-state index in [0.29, 0.717) is 5.92 Å². The second kappa shape index (κ2) is 6.47. The summed E-state index contributed by atoms with van der Waals surface area (Å²) in [5, 5.41) is 0. The van der Waals surface area contributed by atoms with Gasteiger partial charge in [-0.2, -0.15) is 0 Å². The lowest BCUT2D eigenvalue weighted by Crippen LogP contribution is -2.19. The van der Waals surface area contributed by atoms with Crippen LogP contribution >= 0.6 is 0 Å². The molecule has 0 aliphatic heterocycles. The normalized spacial score (nSPS) is 12.2. The van der Waals surface area contributed by atoms with E-state index in [1.54, 1.807) is 0 Å². The van der Waals surface area contributed by atoms with Gasteiger partial charge in [0.05, 0.1) is 0 Å². The molecule has 2 nitrogen and oxygen atoms in total. The van der Waals surface area contributed by atoms with Gasteiger partial charge in [-0.05, 0) is 48.2 Å². The van der Waals surface area contributed by atoms with Crippen molar-refractivity contribution in [2.75, 3.05) is 0 Å². The van der Waals surface area contributed by atoms with Crippen molar-refractivity contribution in [3.63, 3.8) is 0 Å². The van der Waals surface area contributed by atoms with Gasteiger partial charge in [-0.25, -0.2) is 0 Å². The Morgan fingerprint density at radius 2 is 1.45 bits per heavy atom. The lowest BCUT2D eigenvalue weighted by Gasteiger charge is -2.17. The maximum absolute atomic E-state index is 5.77. The average molecular weight is 270 g/mol. The van der Waals surface area contributed by atoms with E-state index in [1.807, 2.05) is 50.2 Å². The van der Waals surface area contributed by atoms with Crippen molar-refractivity contribution in [3.05, 3.63) is 59.7 Å². The molecular formula is C18H22O2. The number of hydrogen-bond acceptors (Lipinski definition) is 2. The van der Waals surface area contributed by atoms with E-state index in [2.05, 4.69) is 26.0 Å². The second-order valence-electron chi connectivity index (χ2n) is 5.34. The van der Waals surface area contributed by atoms with Crippen molar-refractivity contribution >= 4 is 0 Å². The molecule has 1 atom stereocenters. The van der Waals surface area contributed by atoms with Gasteiger partial charge in [0.1, 0.15) is 11.5 Å². The Balaban J connectivity index is 1.95. The first-order valence-corrected chi connectivity index (χ1v) is 7.04. The largest absolute Gasteiger partial charge is 0.455 e. The zero-order valence-corrected chi connectivity index (χ0v) is 12.6. The molecule has 0 aromatic heterocycles. The summed E-state index contributed by atoms with van der Waals surface area (Å²) in [5.74, 6) is 2.19. The second-order valence-corrected chi connectivity index (χ2v) is 5.34. The highest BCUT2D eigenvalue weighted by molar-refractivity contribution is 5.30. The maximum atomic E-state index is 5.77. The third-order valence-corrected chi connectivity index (χ3v) is 3.14. The van der Waals surface area contributed by atoms with Gasteiger partial charge in [-0.15, -0.1) is 0 Å². The molecule has 106 valence electrons. The molecule has 2 aromatic rings. The summed E-state index contributed by atoms with van der Waals surface area (Å²) in [7, 11) is 0.